The van der Waals surface area contributed by atoms with Crippen LogP contribution < -0.4 is 5.73 Å². The molecule has 1 heterocycles. The van der Waals surface area contributed by atoms with Crippen molar-refractivity contribution in [2.45, 2.75) is 18.9 Å². The van der Waals surface area contributed by atoms with E-state index in [-0.39, 0.29) is 29.7 Å². The molecule has 1 fully saturated rings. The van der Waals surface area contributed by atoms with E-state index in [0.29, 0.717) is 16.8 Å². The summed E-state index contributed by atoms with van der Waals surface area (Å²) in [5.41, 5.74) is 6.65. The molecule has 188 valence electrons. The number of amides is 1. The highest BCUT2D eigenvalue weighted by Gasteiger charge is 2.55. The number of ketones is 2. The number of hydrogen-bond donors (Lipinski definition) is 4. The molecule has 0 radical (unpaired) electrons. The molecule has 5 rings (SSSR count). The number of carbonyl (C=O) groups is 3. The minimum atomic E-state index is -1.28. The fourth-order valence-electron chi connectivity index (χ4n) is 5.95. The Hall–Kier alpha value is -4.42. The van der Waals surface area contributed by atoms with Gasteiger partial charge < -0.3 is 21.1 Å². The quantitative estimate of drug-likeness (QED) is 0.276. The van der Waals surface area contributed by atoms with Crippen LogP contribution in [0.1, 0.15) is 28.8 Å². The third-order valence-electron chi connectivity index (χ3n) is 7.44. The monoisotopic (exact) mass is 499 g/mol. The smallest absolute Gasteiger partial charge is 0.255 e. The first-order chi connectivity index (χ1) is 17.6. The van der Waals surface area contributed by atoms with Crippen LogP contribution in [0.5, 0.6) is 5.75 Å². The number of carbonyl (C=O) groups excluding carboxylic acids is 3. The highest BCUT2D eigenvalue weighted by atomic mass is 16.3. The second-order valence-electron chi connectivity index (χ2n) is 9.75. The summed E-state index contributed by atoms with van der Waals surface area (Å²) in [5.74, 6) is -0.0114. The number of rotatable bonds is 2. The van der Waals surface area contributed by atoms with Crippen LogP contribution in [-0.2, 0) is 20.8 Å². The lowest BCUT2D eigenvalue weighted by atomic mass is 9.59. The van der Waals surface area contributed by atoms with Crippen molar-refractivity contribution in [3.8, 4) is 17.6 Å². The maximum Gasteiger partial charge on any atom is 0.255 e. The number of Topliss-reactive ketones (excluding diaryl/α,β-unsaturated/α-hetero) is 2. The number of benzene rings is 1. The number of likely N-dealkylation sites (N-methyl/N-ethyl adjacent to an activating group) is 1. The van der Waals surface area contributed by atoms with Crippen molar-refractivity contribution in [1.29, 1.82) is 0 Å². The van der Waals surface area contributed by atoms with Gasteiger partial charge in [0.15, 0.2) is 11.6 Å². The molecule has 0 spiro atoms. The van der Waals surface area contributed by atoms with Crippen LogP contribution >= 0.6 is 0 Å². The summed E-state index contributed by atoms with van der Waals surface area (Å²) >= 11 is 0. The first-order valence-corrected chi connectivity index (χ1v) is 11.8. The van der Waals surface area contributed by atoms with Crippen molar-refractivity contribution < 1.29 is 29.7 Å². The maximum absolute atomic E-state index is 13.7. The van der Waals surface area contributed by atoms with E-state index in [1.807, 2.05) is 6.07 Å². The van der Waals surface area contributed by atoms with E-state index in [2.05, 4.69) is 16.8 Å². The normalized spacial score (nSPS) is 24.7. The Balaban J connectivity index is 1.64. The molecule has 1 saturated carbocycles. The highest BCUT2D eigenvalue weighted by molar-refractivity contribution is 6.28. The summed E-state index contributed by atoms with van der Waals surface area (Å²) in [6, 6.07) is 7.62. The predicted octanol–water partition coefficient (Wildman–Crippen LogP) is 1.64. The molecule has 4 atom stereocenters. The number of hydrogen-bond acceptors (Lipinski definition) is 8. The summed E-state index contributed by atoms with van der Waals surface area (Å²) in [7, 11) is 3.36. The zero-order valence-corrected chi connectivity index (χ0v) is 20.2. The SMILES string of the molecule is CN(C)[C@@H]1C(O)=C(C(N)=O)C(=O)C2C(=O)C3=C(O)c4c(O)ccc(C#Cc5ccccn5)c4CC3CC21. The van der Waals surface area contributed by atoms with Crippen LogP contribution in [0.4, 0.5) is 0 Å². The summed E-state index contributed by atoms with van der Waals surface area (Å²) in [5, 5.41) is 32.7. The van der Waals surface area contributed by atoms with Gasteiger partial charge in [-0.2, -0.15) is 0 Å². The van der Waals surface area contributed by atoms with Gasteiger partial charge in [0.25, 0.3) is 5.91 Å². The number of nitrogens with zero attached hydrogens (tertiary/aromatic N) is 2. The number of nitrogens with two attached hydrogens (primary N) is 1. The molecule has 3 unspecified atom stereocenters. The topological polar surface area (TPSA) is 154 Å². The number of aliphatic hydroxyl groups is 2. The maximum atomic E-state index is 13.7. The Bertz CT molecular complexity index is 1480. The van der Waals surface area contributed by atoms with Crippen LogP contribution in [0, 0.1) is 29.6 Å². The van der Waals surface area contributed by atoms with E-state index >= 15 is 0 Å². The van der Waals surface area contributed by atoms with Crippen molar-refractivity contribution >= 4 is 23.2 Å². The molecule has 2 aromatic rings. The lowest BCUT2D eigenvalue weighted by Crippen LogP contribution is -2.55. The Morgan fingerprint density at radius 1 is 1.08 bits per heavy atom. The van der Waals surface area contributed by atoms with Crippen molar-refractivity contribution in [1.82, 2.24) is 9.88 Å². The van der Waals surface area contributed by atoms with Crippen molar-refractivity contribution in [2.75, 3.05) is 14.1 Å². The van der Waals surface area contributed by atoms with Crippen LogP contribution in [0.2, 0.25) is 0 Å². The number of pyridine rings is 1. The van der Waals surface area contributed by atoms with Crippen molar-refractivity contribution in [3.63, 3.8) is 0 Å². The molecule has 9 nitrogen and oxygen atoms in total. The average molecular weight is 500 g/mol. The van der Waals surface area contributed by atoms with Gasteiger partial charge >= 0.3 is 0 Å². The van der Waals surface area contributed by atoms with Gasteiger partial charge in [-0.05, 0) is 74.5 Å². The number of aromatic nitrogens is 1. The Kier molecular flexibility index (Phi) is 5.85. The Morgan fingerprint density at radius 2 is 1.84 bits per heavy atom. The van der Waals surface area contributed by atoms with E-state index in [1.54, 1.807) is 43.4 Å². The number of fused-ring (bicyclic) bond motifs is 3. The van der Waals surface area contributed by atoms with E-state index in [4.69, 9.17) is 5.73 Å². The second-order valence-corrected chi connectivity index (χ2v) is 9.75. The first kappa shape index (κ1) is 24.3. The summed E-state index contributed by atoms with van der Waals surface area (Å²) in [6.07, 6.45) is 2.19. The number of phenolic OH excluding ortho intramolecular Hbond substituents is 1. The number of aliphatic hydroxyl groups excluding tert-OH is 2. The molecule has 1 amide bonds. The van der Waals surface area contributed by atoms with Gasteiger partial charge in [-0.15, -0.1) is 0 Å². The van der Waals surface area contributed by atoms with Crippen LogP contribution in [0.3, 0.4) is 0 Å². The van der Waals surface area contributed by atoms with Gasteiger partial charge in [0.1, 0.15) is 28.5 Å². The third-order valence-corrected chi connectivity index (χ3v) is 7.44. The van der Waals surface area contributed by atoms with E-state index in [0.717, 1.165) is 0 Å². The largest absolute Gasteiger partial charge is 0.510 e. The fraction of sp³-hybridized carbons (Fsp3) is 0.286. The lowest BCUT2D eigenvalue weighted by molar-refractivity contribution is -0.136. The highest BCUT2D eigenvalue weighted by Crippen LogP contribution is 2.50. The van der Waals surface area contributed by atoms with Gasteiger partial charge in [0, 0.05) is 17.3 Å². The number of allylic oxidation sites excluding steroid dienone is 1. The van der Waals surface area contributed by atoms with Gasteiger partial charge in [-0.1, -0.05) is 12.0 Å². The van der Waals surface area contributed by atoms with E-state index < -0.39 is 58.4 Å². The molecule has 0 saturated heterocycles. The lowest BCUT2D eigenvalue weighted by Gasteiger charge is -2.46. The molecule has 0 bridgehead atoms. The minimum absolute atomic E-state index is 0.0370. The Labute approximate surface area is 212 Å². The predicted molar refractivity (Wildman–Crippen MR) is 133 cm³/mol. The van der Waals surface area contributed by atoms with Crippen molar-refractivity contribution in [2.24, 2.45) is 23.5 Å². The average Bonchev–Trinajstić information content (AvgIpc) is 2.83. The summed E-state index contributed by atoms with van der Waals surface area (Å²) in [6.45, 7) is 0. The molecule has 3 aliphatic rings. The molecule has 37 heavy (non-hydrogen) atoms. The van der Waals surface area contributed by atoms with E-state index in [9.17, 15) is 29.7 Å². The number of phenols is 1. The van der Waals surface area contributed by atoms with Crippen LogP contribution in [0.25, 0.3) is 5.76 Å². The molecule has 1 aromatic heterocycles. The fourth-order valence-corrected chi connectivity index (χ4v) is 5.95. The standard InChI is InChI=1S/C28H25N3O6/c1-31(2)23-17-12-14-11-16-13(6-8-15-5-3-4-10-30-15)7-9-18(32)20(16)24(33)19(14)25(34)21(17)26(35)22(27(23)36)28(29)37/h3-5,7,9-10,14,17,21,23,32-33,36H,11-12H2,1-2H3,(H2,29,37)/t14?,17?,21?,23-/m0/s1. The van der Waals surface area contributed by atoms with Gasteiger partial charge in [0.05, 0.1) is 17.5 Å². The zero-order valence-electron chi connectivity index (χ0n) is 20.2. The summed E-state index contributed by atoms with van der Waals surface area (Å²) in [4.78, 5) is 44.8. The van der Waals surface area contributed by atoms with Gasteiger partial charge in [-0.3, -0.25) is 19.3 Å². The molecular formula is C28H25N3O6. The molecule has 9 heteroatoms. The molecule has 5 N–H and O–H groups in total. The molecular weight excluding hydrogens is 474 g/mol. The molecule has 0 aliphatic heterocycles. The van der Waals surface area contributed by atoms with Gasteiger partial charge in [-0.25, -0.2) is 4.98 Å². The summed E-state index contributed by atoms with van der Waals surface area (Å²) < 4.78 is 0. The number of primary amides is 1. The van der Waals surface area contributed by atoms with Gasteiger partial charge in [0.2, 0.25) is 0 Å². The molecule has 1 aromatic carbocycles. The van der Waals surface area contributed by atoms with Crippen LogP contribution in [0.15, 0.2) is 53.4 Å². The molecule has 3 aliphatic carbocycles. The zero-order chi connectivity index (χ0) is 26.6. The van der Waals surface area contributed by atoms with E-state index in [1.165, 1.54) is 6.07 Å². The third kappa shape index (κ3) is 3.77. The van der Waals surface area contributed by atoms with Crippen LogP contribution in [-0.4, -0.2) is 62.8 Å². The second kappa shape index (κ2) is 8.91. The minimum Gasteiger partial charge on any atom is -0.510 e. The van der Waals surface area contributed by atoms with Crippen molar-refractivity contribution in [3.05, 3.63) is 75.8 Å². The Morgan fingerprint density at radius 3 is 2.49 bits per heavy atom. The first-order valence-electron chi connectivity index (χ1n) is 11.8. The number of aromatic hydroxyl groups is 1.